The van der Waals surface area contributed by atoms with Crippen LogP contribution in [0.4, 0.5) is 0 Å². The average Bonchev–Trinajstić information content (AvgIpc) is 2.13. The third kappa shape index (κ3) is 3.93. The van der Waals surface area contributed by atoms with Crippen LogP contribution >= 0.6 is 29.6 Å². The summed E-state index contributed by atoms with van der Waals surface area (Å²) in [6.45, 7) is 3.80. The van der Waals surface area contributed by atoms with E-state index in [1.165, 1.54) is 16.3 Å². The van der Waals surface area contributed by atoms with Crippen molar-refractivity contribution in [3.63, 3.8) is 0 Å². The molecule has 0 saturated heterocycles. The summed E-state index contributed by atoms with van der Waals surface area (Å²) in [5.74, 6) is 0.841. The van der Waals surface area contributed by atoms with Gasteiger partial charge in [-0.2, -0.15) is 12.5 Å². The molecule has 0 aliphatic rings. The van der Waals surface area contributed by atoms with E-state index in [-0.39, 0.29) is 0 Å². The fourth-order valence-corrected chi connectivity index (χ4v) is 0.925. The van der Waals surface area contributed by atoms with Crippen LogP contribution in [0.25, 0.3) is 0 Å². The summed E-state index contributed by atoms with van der Waals surface area (Å²) >= 11 is 7.59. The van der Waals surface area contributed by atoms with Gasteiger partial charge in [0.1, 0.15) is 0 Å². The van der Waals surface area contributed by atoms with Gasteiger partial charge in [-0.15, -0.1) is 28.1 Å². The zero-order chi connectivity index (χ0) is 9.56. The van der Waals surface area contributed by atoms with E-state index in [1.54, 1.807) is 7.11 Å². The normalized spacial score (nSPS) is 8.42. The number of rotatable bonds is 1. The molecule has 0 amide bonds. The van der Waals surface area contributed by atoms with Crippen molar-refractivity contribution in [2.45, 2.75) is 0 Å². The second kappa shape index (κ2) is 6.93. The van der Waals surface area contributed by atoms with Gasteiger partial charge in [0.25, 0.3) is 0 Å². The van der Waals surface area contributed by atoms with Crippen molar-refractivity contribution in [3.05, 3.63) is 35.2 Å². The summed E-state index contributed by atoms with van der Waals surface area (Å²) in [6, 6.07) is 5.68. The van der Waals surface area contributed by atoms with E-state index >= 15 is 0 Å². The molecule has 62 valence electrons. The maximum atomic E-state index is 4.99. The van der Waals surface area contributed by atoms with Crippen molar-refractivity contribution in [3.8, 4) is 5.75 Å². The van der Waals surface area contributed by atoms with Crippen LogP contribution in [0.15, 0.2) is 22.7 Å². The minimum absolute atomic E-state index is 0.841. The van der Waals surface area contributed by atoms with Gasteiger partial charge in [-0.3, -0.25) is 0 Å². The number of hydrogen-bond donors (Lipinski definition) is 0. The summed E-state index contributed by atoms with van der Waals surface area (Å²) < 4.78 is 6.00. The Labute approximate surface area is 98.0 Å². The van der Waals surface area contributed by atoms with Gasteiger partial charge in [0.05, 0.1) is 12.9 Å². The zero-order valence-corrected chi connectivity index (χ0v) is 12.9. The second-order valence-corrected chi connectivity index (χ2v) is 2.81. The number of methoxy groups -OCH3 is 1. The van der Waals surface area contributed by atoms with Crippen LogP contribution in [0.5, 0.6) is 5.75 Å². The van der Waals surface area contributed by atoms with Crippen LogP contribution in [-0.2, 0) is 16.3 Å². The predicted octanol–water partition coefficient (Wildman–Crippen LogP) is 3.48. The molecule has 12 heavy (non-hydrogen) atoms. The van der Waals surface area contributed by atoms with E-state index in [0.29, 0.717) is 0 Å². The zero-order valence-electron chi connectivity index (χ0n) is 6.81. The predicted molar refractivity (Wildman–Crippen MR) is 54.1 cm³/mol. The number of ether oxygens (including phenoxy) is 1. The summed E-state index contributed by atoms with van der Waals surface area (Å²) in [5.41, 5.74) is 0.944. The Bertz CT molecular complexity index is 240. The van der Waals surface area contributed by atoms with Crippen LogP contribution in [0.2, 0.25) is 0 Å². The maximum absolute atomic E-state index is 4.99. The molecule has 1 rings (SSSR count). The molecule has 0 radical (unpaired) electrons. The molecule has 0 N–H and O–H groups in total. The molecule has 0 spiro atoms. The standard InChI is InChI=1S/C8H8BrO.BrH.Zn/c1-6-5-7(10-2)3-4-8(6)9;;/h3-5H,1H2,2H3;1H;/q-1;;+2/p-1. The summed E-state index contributed by atoms with van der Waals surface area (Å²) in [6.07, 6.45) is 0. The third-order valence-corrected chi connectivity index (χ3v) is 2.03. The number of benzene rings is 1. The molecule has 0 aliphatic heterocycles. The van der Waals surface area contributed by atoms with Crippen molar-refractivity contribution in [2.75, 3.05) is 7.11 Å². The summed E-state index contributed by atoms with van der Waals surface area (Å²) in [5, 5.41) is 0. The molecule has 0 atom stereocenters. The molecule has 0 heterocycles. The molecule has 4 heteroatoms. The molecule has 0 saturated carbocycles. The topological polar surface area (TPSA) is 9.23 Å². The average molecular weight is 345 g/mol. The van der Waals surface area contributed by atoms with E-state index in [4.69, 9.17) is 4.74 Å². The van der Waals surface area contributed by atoms with Gasteiger partial charge in [0, 0.05) is 0 Å². The van der Waals surface area contributed by atoms with Crippen LogP contribution in [0.3, 0.4) is 0 Å². The Balaban J connectivity index is 0.000000561. The van der Waals surface area contributed by atoms with E-state index in [2.05, 4.69) is 36.5 Å². The number of hydrogen-bond acceptors (Lipinski definition) is 1. The Hall–Kier alpha value is 0.473. The van der Waals surface area contributed by atoms with Crippen LogP contribution in [-0.4, -0.2) is 7.11 Å². The first-order chi connectivity index (χ1) is 5.74. The Morgan fingerprint density at radius 2 is 2.00 bits per heavy atom. The van der Waals surface area contributed by atoms with E-state index in [9.17, 15) is 0 Å². The first-order valence-corrected chi connectivity index (χ1v) is 10.9. The molecule has 0 aliphatic carbocycles. The minimum atomic E-state index is 0.841. The molecule has 1 aromatic carbocycles. The Kier molecular flexibility index (Phi) is 7.21. The fraction of sp³-hybridized carbons (Fsp3) is 0.125. The van der Waals surface area contributed by atoms with Crippen molar-refractivity contribution < 1.29 is 21.1 Å². The van der Waals surface area contributed by atoms with Gasteiger partial charge in [-0.25, -0.2) is 0 Å². The molecule has 0 aromatic heterocycles. The molecule has 0 fully saturated rings. The van der Waals surface area contributed by atoms with Gasteiger partial charge >= 0.3 is 30.0 Å². The number of halogens is 2. The van der Waals surface area contributed by atoms with E-state index in [1.807, 2.05) is 18.2 Å². The van der Waals surface area contributed by atoms with Crippen LogP contribution in [0, 0.1) is 6.92 Å². The van der Waals surface area contributed by atoms with Crippen LogP contribution < -0.4 is 4.74 Å². The molecular formula is C8H8Br2OZn. The molecule has 1 nitrogen and oxygen atoms in total. The van der Waals surface area contributed by atoms with E-state index in [0.717, 1.165) is 15.8 Å². The second-order valence-electron chi connectivity index (χ2n) is 1.96. The van der Waals surface area contributed by atoms with Gasteiger partial charge < -0.3 is 4.74 Å². The monoisotopic (exact) mass is 342 g/mol. The first-order valence-electron chi connectivity index (χ1n) is 3.16. The first kappa shape index (κ1) is 12.5. The SMILES string of the molecule is [CH2-]c1cc(OC)ccc1Br.[Zn+][Br]. The van der Waals surface area contributed by atoms with Crippen molar-refractivity contribution in [1.29, 1.82) is 0 Å². The summed E-state index contributed by atoms with van der Waals surface area (Å²) in [4.78, 5) is 0. The molecule has 0 bridgehead atoms. The summed E-state index contributed by atoms with van der Waals surface area (Å²) in [7, 11) is 1.64. The van der Waals surface area contributed by atoms with Gasteiger partial charge in [0.15, 0.2) is 0 Å². The Morgan fingerprint density at radius 3 is 2.42 bits per heavy atom. The third-order valence-electron chi connectivity index (χ3n) is 1.25. The van der Waals surface area contributed by atoms with Gasteiger partial charge in [0.2, 0.25) is 0 Å². The van der Waals surface area contributed by atoms with Crippen molar-refractivity contribution >= 4 is 29.6 Å². The van der Waals surface area contributed by atoms with Gasteiger partial charge in [-0.1, -0.05) is 4.47 Å². The quantitative estimate of drug-likeness (QED) is 0.559. The molecule has 0 unspecified atom stereocenters. The van der Waals surface area contributed by atoms with Gasteiger partial charge in [-0.05, 0) is 6.07 Å². The fourth-order valence-electron chi connectivity index (χ4n) is 0.678. The Morgan fingerprint density at radius 1 is 1.42 bits per heavy atom. The molecular weight excluding hydrogens is 337 g/mol. The van der Waals surface area contributed by atoms with E-state index < -0.39 is 0 Å². The van der Waals surface area contributed by atoms with Crippen molar-refractivity contribution in [2.24, 2.45) is 0 Å². The molecule has 1 aromatic rings. The van der Waals surface area contributed by atoms with Crippen LogP contribution in [0.1, 0.15) is 5.56 Å². The van der Waals surface area contributed by atoms with Crippen molar-refractivity contribution in [1.82, 2.24) is 0 Å².